The summed E-state index contributed by atoms with van der Waals surface area (Å²) >= 11 is 0. The molecule has 2 saturated carbocycles. The Labute approximate surface area is 206 Å². The SMILES string of the molecule is COC(=O)C1=C2CC(C(=O)OC)(C(=O)OC)C[C@@H]2[C@H]2CC(C(=O)OC)(C(=O)OC)CC2=C1C(=O)OC. The standard InChI is InChI=1S/C24H28O12/c1-31-17(25)15-13-9-23(19(27)33-3,20(28)34-4)7-11(13)12-8-24(21(29)35-5,22(30)36-6)10-14(12)16(15)18(26)32-2/h11-12H,7-10H2,1-6H3/t11-,12-/m1/s1. The normalized spacial score (nSPS) is 23.2. The maximum Gasteiger partial charge on any atom is 0.338 e. The lowest BCUT2D eigenvalue weighted by Crippen LogP contribution is -2.40. The monoisotopic (exact) mass is 508 g/mol. The average Bonchev–Trinajstić information content (AvgIpc) is 3.50. The highest BCUT2D eigenvalue weighted by Gasteiger charge is 2.65. The van der Waals surface area contributed by atoms with E-state index in [1.165, 1.54) is 0 Å². The van der Waals surface area contributed by atoms with Crippen LogP contribution in [0.4, 0.5) is 0 Å². The summed E-state index contributed by atoms with van der Waals surface area (Å²) in [6, 6.07) is 0. The zero-order valence-corrected chi connectivity index (χ0v) is 20.9. The molecule has 12 nitrogen and oxygen atoms in total. The average molecular weight is 508 g/mol. The molecule has 0 spiro atoms. The Morgan fingerprint density at radius 1 is 0.528 bits per heavy atom. The van der Waals surface area contributed by atoms with Crippen molar-refractivity contribution in [3.05, 3.63) is 22.3 Å². The van der Waals surface area contributed by atoms with Crippen LogP contribution >= 0.6 is 0 Å². The molecule has 0 aromatic rings. The summed E-state index contributed by atoms with van der Waals surface area (Å²) in [6.07, 6.45) is -0.892. The van der Waals surface area contributed by atoms with E-state index in [1.807, 2.05) is 0 Å². The van der Waals surface area contributed by atoms with Gasteiger partial charge >= 0.3 is 35.8 Å². The second-order valence-corrected chi connectivity index (χ2v) is 8.89. The Balaban J connectivity index is 2.35. The van der Waals surface area contributed by atoms with Crippen molar-refractivity contribution in [1.29, 1.82) is 0 Å². The summed E-state index contributed by atoms with van der Waals surface area (Å²) in [7, 11) is 6.68. The zero-order valence-electron chi connectivity index (χ0n) is 20.9. The molecule has 196 valence electrons. The molecule has 0 saturated heterocycles. The summed E-state index contributed by atoms with van der Waals surface area (Å²) in [5.74, 6) is -6.76. The molecule has 36 heavy (non-hydrogen) atoms. The first-order chi connectivity index (χ1) is 17.0. The lowest BCUT2D eigenvalue weighted by molar-refractivity contribution is -0.171. The Hall–Kier alpha value is -3.70. The minimum Gasteiger partial charge on any atom is -0.468 e. The van der Waals surface area contributed by atoms with Gasteiger partial charge in [0.15, 0.2) is 10.8 Å². The van der Waals surface area contributed by atoms with Crippen molar-refractivity contribution in [2.45, 2.75) is 25.7 Å². The van der Waals surface area contributed by atoms with Crippen molar-refractivity contribution in [3.8, 4) is 0 Å². The number of esters is 6. The second-order valence-electron chi connectivity index (χ2n) is 8.89. The van der Waals surface area contributed by atoms with Crippen LogP contribution in [0, 0.1) is 22.7 Å². The smallest absolute Gasteiger partial charge is 0.338 e. The molecule has 0 bridgehead atoms. The molecule has 0 amide bonds. The molecule has 3 aliphatic carbocycles. The fourth-order valence-electron chi connectivity index (χ4n) is 5.93. The first-order valence-electron chi connectivity index (χ1n) is 11.0. The van der Waals surface area contributed by atoms with Crippen LogP contribution in [0.1, 0.15) is 25.7 Å². The van der Waals surface area contributed by atoms with E-state index in [1.54, 1.807) is 0 Å². The fraction of sp³-hybridized carbons (Fsp3) is 0.583. The third-order valence-corrected chi connectivity index (χ3v) is 7.48. The maximum atomic E-state index is 13.0. The molecule has 3 rings (SSSR count). The number of ether oxygens (including phenoxy) is 6. The minimum absolute atomic E-state index is 0.150. The first kappa shape index (κ1) is 26.9. The lowest BCUT2D eigenvalue weighted by atomic mass is 9.73. The van der Waals surface area contributed by atoms with Crippen LogP contribution in [0.2, 0.25) is 0 Å². The lowest BCUT2D eigenvalue weighted by Gasteiger charge is -2.31. The van der Waals surface area contributed by atoms with Crippen LogP contribution in [0.3, 0.4) is 0 Å². The molecule has 0 aliphatic heterocycles. The van der Waals surface area contributed by atoms with Crippen molar-refractivity contribution in [3.63, 3.8) is 0 Å². The topological polar surface area (TPSA) is 158 Å². The van der Waals surface area contributed by atoms with Gasteiger partial charge in [-0.15, -0.1) is 0 Å². The molecule has 0 N–H and O–H groups in total. The molecule has 0 unspecified atom stereocenters. The van der Waals surface area contributed by atoms with Gasteiger partial charge in [-0.3, -0.25) is 19.2 Å². The van der Waals surface area contributed by atoms with Gasteiger partial charge in [0, 0.05) is 0 Å². The van der Waals surface area contributed by atoms with Gasteiger partial charge in [-0.2, -0.15) is 0 Å². The highest BCUT2D eigenvalue weighted by Crippen LogP contribution is 2.62. The first-order valence-corrected chi connectivity index (χ1v) is 11.0. The molecule has 3 aliphatic rings. The maximum absolute atomic E-state index is 13.0. The fourth-order valence-corrected chi connectivity index (χ4v) is 5.93. The number of carbonyl (C=O) groups is 6. The predicted octanol–water partition coefficient (Wildman–Crippen LogP) is 0.424. The summed E-state index contributed by atoms with van der Waals surface area (Å²) in [6.45, 7) is 0. The molecule has 0 aromatic carbocycles. The summed E-state index contributed by atoms with van der Waals surface area (Å²) in [5.41, 5.74) is -3.45. The van der Waals surface area contributed by atoms with Crippen LogP contribution in [0.25, 0.3) is 0 Å². The van der Waals surface area contributed by atoms with Crippen LogP contribution < -0.4 is 0 Å². The summed E-state index contributed by atoms with van der Waals surface area (Å²) < 4.78 is 29.6. The highest BCUT2D eigenvalue weighted by atomic mass is 16.6. The largest absolute Gasteiger partial charge is 0.468 e. The molecule has 0 radical (unpaired) electrons. The van der Waals surface area contributed by atoms with Crippen molar-refractivity contribution < 1.29 is 57.2 Å². The van der Waals surface area contributed by atoms with E-state index >= 15 is 0 Å². The number of carbonyl (C=O) groups excluding carboxylic acids is 6. The molecule has 2 atom stereocenters. The quantitative estimate of drug-likeness (QED) is 0.277. The Morgan fingerprint density at radius 3 is 1.03 bits per heavy atom. The predicted molar refractivity (Wildman–Crippen MR) is 116 cm³/mol. The van der Waals surface area contributed by atoms with Gasteiger partial charge in [-0.05, 0) is 48.7 Å². The van der Waals surface area contributed by atoms with Crippen LogP contribution in [0.5, 0.6) is 0 Å². The van der Waals surface area contributed by atoms with Crippen molar-refractivity contribution >= 4 is 35.8 Å². The van der Waals surface area contributed by atoms with E-state index in [4.69, 9.17) is 28.4 Å². The van der Waals surface area contributed by atoms with Gasteiger partial charge < -0.3 is 28.4 Å². The molecule has 12 heteroatoms. The number of allylic oxidation sites excluding steroid dienone is 2. The summed E-state index contributed by atoms with van der Waals surface area (Å²) in [5, 5.41) is 0. The van der Waals surface area contributed by atoms with E-state index in [-0.39, 0.29) is 48.0 Å². The zero-order chi connectivity index (χ0) is 27.0. The molecule has 2 fully saturated rings. The second kappa shape index (κ2) is 9.75. The molecular formula is C24H28O12. The van der Waals surface area contributed by atoms with Crippen molar-refractivity contribution in [2.24, 2.45) is 22.7 Å². The Bertz CT molecular complexity index is 976. The van der Waals surface area contributed by atoms with Crippen LogP contribution in [0.15, 0.2) is 22.3 Å². The third-order valence-electron chi connectivity index (χ3n) is 7.48. The number of rotatable bonds is 6. The number of hydrogen-bond acceptors (Lipinski definition) is 12. The molecule has 0 aromatic heterocycles. The van der Waals surface area contributed by atoms with Crippen molar-refractivity contribution in [1.82, 2.24) is 0 Å². The van der Waals surface area contributed by atoms with Gasteiger partial charge in [0.1, 0.15) is 0 Å². The van der Waals surface area contributed by atoms with E-state index in [2.05, 4.69) is 0 Å². The van der Waals surface area contributed by atoms with E-state index in [0.717, 1.165) is 42.7 Å². The third kappa shape index (κ3) is 3.66. The van der Waals surface area contributed by atoms with Crippen molar-refractivity contribution in [2.75, 3.05) is 42.7 Å². The van der Waals surface area contributed by atoms with Crippen LogP contribution in [-0.4, -0.2) is 78.5 Å². The molecular weight excluding hydrogens is 480 g/mol. The highest BCUT2D eigenvalue weighted by molar-refractivity contribution is 6.11. The van der Waals surface area contributed by atoms with Gasteiger partial charge in [0.2, 0.25) is 0 Å². The van der Waals surface area contributed by atoms with Gasteiger partial charge in [-0.25, -0.2) is 9.59 Å². The Morgan fingerprint density at radius 2 is 0.806 bits per heavy atom. The number of hydrogen-bond donors (Lipinski definition) is 0. The number of methoxy groups -OCH3 is 6. The van der Waals surface area contributed by atoms with E-state index in [0.29, 0.717) is 0 Å². The van der Waals surface area contributed by atoms with E-state index < -0.39 is 58.5 Å². The molecule has 0 heterocycles. The van der Waals surface area contributed by atoms with Gasteiger partial charge in [-0.1, -0.05) is 0 Å². The van der Waals surface area contributed by atoms with Gasteiger partial charge in [0.25, 0.3) is 0 Å². The van der Waals surface area contributed by atoms with E-state index in [9.17, 15) is 28.8 Å². The Kier molecular flexibility index (Phi) is 7.28. The minimum atomic E-state index is -1.82. The summed E-state index contributed by atoms with van der Waals surface area (Å²) in [4.78, 5) is 77.7. The van der Waals surface area contributed by atoms with Crippen LogP contribution in [-0.2, 0) is 57.2 Å². The number of fused-ring (bicyclic) bond motifs is 3. The van der Waals surface area contributed by atoms with Gasteiger partial charge in [0.05, 0.1) is 53.8 Å².